The SMILES string of the molecule is CCOC(=O)C(C)(C)c1cc2cc(F)ccc2o1. The molecule has 0 unspecified atom stereocenters. The quantitative estimate of drug-likeness (QED) is 0.783. The molecule has 1 aromatic carbocycles. The van der Waals surface area contributed by atoms with Crippen molar-refractivity contribution >= 4 is 16.9 Å². The van der Waals surface area contributed by atoms with Crippen molar-refractivity contribution in [1.29, 1.82) is 0 Å². The summed E-state index contributed by atoms with van der Waals surface area (Å²) < 4.78 is 23.7. The van der Waals surface area contributed by atoms with E-state index >= 15 is 0 Å². The first-order valence-electron chi connectivity index (χ1n) is 5.82. The minimum Gasteiger partial charge on any atom is -0.465 e. The normalized spacial score (nSPS) is 11.8. The number of hydrogen-bond donors (Lipinski definition) is 0. The highest BCUT2D eigenvalue weighted by Gasteiger charge is 2.35. The molecule has 0 fully saturated rings. The fourth-order valence-corrected chi connectivity index (χ4v) is 1.73. The van der Waals surface area contributed by atoms with Crippen molar-refractivity contribution in [3.63, 3.8) is 0 Å². The Morgan fingerprint density at radius 3 is 2.78 bits per heavy atom. The van der Waals surface area contributed by atoms with Crippen LogP contribution in [0.25, 0.3) is 11.0 Å². The van der Waals surface area contributed by atoms with E-state index in [1.54, 1.807) is 32.9 Å². The zero-order chi connectivity index (χ0) is 13.3. The van der Waals surface area contributed by atoms with Gasteiger partial charge in [0.05, 0.1) is 6.61 Å². The van der Waals surface area contributed by atoms with Gasteiger partial charge in [-0.05, 0) is 45.0 Å². The first kappa shape index (κ1) is 12.6. The van der Waals surface area contributed by atoms with Crippen LogP contribution in [0.4, 0.5) is 4.39 Å². The van der Waals surface area contributed by atoms with E-state index in [1.807, 2.05) is 0 Å². The van der Waals surface area contributed by atoms with Crippen LogP contribution >= 0.6 is 0 Å². The second kappa shape index (κ2) is 4.44. The van der Waals surface area contributed by atoms with Crippen molar-refractivity contribution in [3.8, 4) is 0 Å². The Kier molecular flexibility index (Phi) is 3.11. The first-order chi connectivity index (χ1) is 8.45. The molecule has 0 spiro atoms. The summed E-state index contributed by atoms with van der Waals surface area (Å²) in [4.78, 5) is 11.9. The monoisotopic (exact) mass is 250 g/mol. The number of halogens is 1. The van der Waals surface area contributed by atoms with Gasteiger partial charge in [0.15, 0.2) is 0 Å². The van der Waals surface area contributed by atoms with Gasteiger partial charge in [0.1, 0.15) is 22.6 Å². The lowest BCUT2D eigenvalue weighted by atomic mass is 9.90. The van der Waals surface area contributed by atoms with Gasteiger partial charge in [-0.25, -0.2) is 4.39 Å². The Morgan fingerprint density at radius 1 is 1.39 bits per heavy atom. The molecule has 18 heavy (non-hydrogen) atoms. The maximum absolute atomic E-state index is 13.1. The van der Waals surface area contributed by atoms with Gasteiger partial charge in [0, 0.05) is 5.39 Å². The molecule has 0 amide bonds. The van der Waals surface area contributed by atoms with E-state index in [2.05, 4.69) is 0 Å². The number of carbonyl (C=O) groups is 1. The van der Waals surface area contributed by atoms with E-state index in [1.165, 1.54) is 12.1 Å². The zero-order valence-electron chi connectivity index (χ0n) is 10.6. The largest absolute Gasteiger partial charge is 0.465 e. The number of furan rings is 1. The standard InChI is InChI=1S/C14H15FO3/c1-4-17-13(16)14(2,3)12-8-9-7-10(15)5-6-11(9)18-12/h5-8H,4H2,1-3H3. The number of esters is 1. The summed E-state index contributed by atoms with van der Waals surface area (Å²) in [6, 6.07) is 5.93. The van der Waals surface area contributed by atoms with Crippen LogP contribution in [-0.4, -0.2) is 12.6 Å². The van der Waals surface area contributed by atoms with Crippen LogP contribution in [0.2, 0.25) is 0 Å². The van der Waals surface area contributed by atoms with Crippen LogP contribution < -0.4 is 0 Å². The molecule has 0 N–H and O–H groups in total. The summed E-state index contributed by atoms with van der Waals surface area (Å²) in [5.41, 5.74) is -0.324. The maximum atomic E-state index is 13.1. The molecule has 3 nitrogen and oxygen atoms in total. The molecule has 0 bridgehead atoms. The van der Waals surface area contributed by atoms with E-state index < -0.39 is 5.41 Å². The highest BCUT2D eigenvalue weighted by Crippen LogP contribution is 2.30. The topological polar surface area (TPSA) is 39.4 Å². The van der Waals surface area contributed by atoms with Crippen molar-refractivity contribution in [2.45, 2.75) is 26.2 Å². The summed E-state index contributed by atoms with van der Waals surface area (Å²) in [6.07, 6.45) is 0. The van der Waals surface area contributed by atoms with E-state index in [0.29, 0.717) is 23.3 Å². The Labute approximate surface area is 105 Å². The fraction of sp³-hybridized carbons (Fsp3) is 0.357. The molecule has 0 saturated heterocycles. The average Bonchev–Trinajstić information content (AvgIpc) is 2.72. The van der Waals surface area contributed by atoms with Gasteiger partial charge in [0.25, 0.3) is 0 Å². The number of carbonyl (C=O) groups excluding carboxylic acids is 1. The molecule has 0 aliphatic carbocycles. The van der Waals surface area contributed by atoms with Crippen molar-refractivity contribution in [3.05, 3.63) is 35.8 Å². The molecule has 0 aliphatic rings. The lowest BCUT2D eigenvalue weighted by molar-refractivity contribution is -0.149. The Morgan fingerprint density at radius 2 is 2.11 bits per heavy atom. The molecule has 4 heteroatoms. The second-order valence-corrected chi connectivity index (χ2v) is 4.64. The third kappa shape index (κ3) is 2.10. The molecule has 96 valence electrons. The Hall–Kier alpha value is -1.84. The molecule has 0 atom stereocenters. The summed E-state index contributed by atoms with van der Waals surface area (Å²) in [6.45, 7) is 5.51. The smallest absolute Gasteiger partial charge is 0.319 e. The van der Waals surface area contributed by atoms with Crippen LogP contribution in [0, 0.1) is 5.82 Å². The number of fused-ring (bicyclic) bond motifs is 1. The summed E-state index contributed by atoms with van der Waals surface area (Å²) >= 11 is 0. The van der Waals surface area contributed by atoms with Crippen LogP contribution in [0.3, 0.4) is 0 Å². The van der Waals surface area contributed by atoms with Gasteiger partial charge in [-0.1, -0.05) is 0 Å². The molecule has 0 radical (unpaired) electrons. The summed E-state index contributed by atoms with van der Waals surface area (Å²) in [7, 11) is 0. The lowest BCUT2D eigenvalue weighted by Crippen LogP contribution is -2.30. The third-order valence-electron chi connectivity index (χ3n) is 2.88. The van der Waals surface area contributed by atoms with Crippen LogP contribution in [-0.2, 0) is 14.9 Å². The summed E-state index contributed by atoms with van der Waals surface area (Å²) in [5.74, 6) is -0.213. The van der Waals surface area contributed by atoms with E-state index in [0.717, 1.165) is 0 Å². The third-order valence-corrected chi connectivity index (χ3v) is 2.88. The van der Waals surface area contributed by atoms with E-state index in [4.69, 9.17) is 9.15 Å². The molecule has 0 aliphatic heterocycles. The highest BCUT2D eigenvalue weighted by molar-refractivity contribution is 5.85. The van der Waals surface area contributed by atoms with Crippen molar-refractivity contribution in [1.82, 2.24) is 0 Å². The molecule has 1 aromatic heterocycles. The van der Waals surface area contributed by atoms with Gasteiger partial charge in [0.2, 0.25) is 0 Å². The molecule has 2 aromatic rings. The van der Waals surface area contributed by atoms with E-state index in [-0.39, 0.29) is 11.8 Å². The molecule has 0 saturated carbocycles. The van der Waals surface area contributed by atoms with Crippen LogP contribution in [0.15, 0.2) is 28.7 Å². The number of hydrogen-bond acceptors (Lipinski definition) is 3. The zero-order valence-corrected chi connectivity index (χ0v) is 10.6. The Balaban J connectivity index is 2.44. The Bertz CT molecular complexity index is 584. The number of rotatable bonds is 3. The minimum atomic E-state index is -0.883. The van der Waals surface area contributed by atoms with Gasteiger partial charge in [-0.15, -0.1) is 0 Å². The summed E-state index contributed by atoms with van der Waals surface area (Å²) in [5, 5.41) is 0.641. The number of benzene rings is 1. The van der Waals surface area contributed by atoms with Crippen molar-refractivity contribution in [2.75, 3.05) is 6.61 Å². The minimum absolute atomic E-state index is 0.317. The van der Waals surface area contributed by atoms with E-state index in [9.17, 15) is 9.18 Å². The molecular weight excluding hydrogens is 235 g/mol. The predicted molar refractivity (Wildman–Crippen MR) is 65.8 cm³/mol. The van der Waals surface area contributed by atoms with Gasteiger partial charge < -0.3 is 9.15 Å². The van der Waals surface area contributed by atoms with Crippen LogP contribution in [0.1, 0.15) is 26.5 Å². The van der Waals surface area contributed by atoms with Gasteiger partial charge >= 0.3 is 5.97 Å². The van der Waals surface area contributed by atoms with Crippen LogP contribution in [0.5, 0.6) is 0 Å². The van der Waals surface area contributed by atoms with Gasteiger partial charge in [-0.2, -0.15) is 0 Å². The molecule has 1 heterocycles. The first-order valence-corrected chi connectivity index (χ1v) is 5.82. The van der Waals surface area contributed by atoms with Crippen molar-refractivity contribution in [2.24, 2.45) is 0 Å². The maximum Gasteiger partial charge on any atom is 0.319 e. The fourth-order valence-electron chi connectivity index (χ4n) is 1.73. The second-order valence-electron chi connectivity index (χ2n) is 4.64. The molecular formula is C14H15FO3. The average molecular weight is 250 g/mol. The number of ether oxygens (including phenoxy) is 1. The molecule has 2 rings (SSSR count). The lowest BCUT2D eigenvalue weighted by Gasteiger charge is -2.19. The van der Waals surface area contributed by atoms with Gasteiger partial charge in [-0.3, -0.25) is 4.79 Å². The highest BCUT2D eigenvalue weighted by atomic mass is 19.1. The van der Waals surface area contributed by atoms with Crippen molar-refractivity contribution < 1.29 is 18.3 Å². The predicted octanol–water partition coefficient (Wildman–Crippen LogP) is 3.41.